The van der Waals surface area contributed by atoms with E-state index >= 15 is 0 Å². The summed E-state index contributed by atoms with van der Waals surface area (Å²) in [5, 5.41) is 7.61. The van der Waals surface area contributed by atoms with Gasteiger partial charge in [0.05, 0.1) is 6.20 Å². The van der Waals surface area contributed by atoms with Crippen LogP contribution in [0.2, 0.25) is 0 Å². The molecule has 1 heterocycles. The van der Waals surface area contributed by atoms with Crippen LogP contribution in [0.25, 0.3) is 6.20 Å². The standard InChI is InChI=1S/C11H15N3/c1-2-14-9-10(8-13-14)7-12-11-5-3-4-6-11/h2-4,8-9,11-12H,1,5-7H2. The molecule has 1 aromatic rings. The molecule has 0 spiro atoms. The Labute approximate surface area is 84.1 Å². The maximum Gasteiger partial charge on any atom is 0.0538 e. The molecule has 1 aromatic heterocycles. The minimum atomic E-state index is 0.613. The molecular formula is C11H15N3. The Morgan fingerprint density at radius 1 is 1.57 bits per heavy atom. The third-order valence-electron chi connectivity index (χ3n) is 2.44. The number of hydrogen-bond donors (Lipinski definition) is 1. The lowest BCUT2D eigenvalue weighted by atomic mass is 10.2. The number of rotatable bonds is 4. The topological polar surface area (TPSA) is 29.9 Å². The van der Waals surface area contributed by atoms with Crippen molar-refractivity contribution < 1.29 is 0 Å². The van der Waals surface area contributed by atoms with Crippen LogP contribution in [0.15, 0.2) is 31.1 Å². The largest absolute Gasteiger partial charge is 0.309 e. The second kappa shape index (κ2) is 4.24. The lowest BCUT2D eigenvalue weighted by Gasteiger charge is -2.09. The van der Waals surface area contributed by atoms with Crippen molar-refractivity contribution in [3.63, 3.8) is 0 Å². The van der Waals surface area contributed by atoms with E-state index in [-0.39, 0.29) is 0 Å². The first-order valence-electron chi connectivity index (χ1n) is 4.92. The molecule has 3 heteroatoms. The molecule has 0 amide bonds. The van der Waals surface area contributed by atoms with Crippen molar-refractivity contribution in [1.82, 2.24) is 15.1 Å². The van der Waals surface area contributed by atoms with E-state index in [0.717, 1.165) is 19.4 Å². The molecule has 14 heavy (non-hydrogen) atoms. The van der Waals surface area contributed by atoms with E-state index in [2.05, 4.69) is 29.1 Å². The summed E-state index contributed by atoms with van der Waals surface area (Å²) in [7, 11) is 0. The molecule has 0 bridgehead atoms. The molecule has 3 nitrogen and oxygen atoms in total. The minimum Gasteiger partial charge on any atom is -0.309 e. The Morgan fingerprint density at radius 3 is 3.00 bits per heavy atom. The van der Waals surface area contributed by atoms with Gasteiger partial charge in [-0.15, -0.1) is 0 Å². The van der Waals surface area contributed by atoms with E-state index in [4.69, 9.17) is 0 Å². The molecule has 74 valence electrons. The predicted molar refractivity (Wildman–Crippen MR) is 57.6 cm³/mol. The summed E-state index contributed by atoms with van der Waals surface area (Å²) in [6, 6.07) is 0.613. The molecule has 1 aliphatic rings. The Kier molecular flexibility index (Phi) is 2.79. The van der Waals surface area contributed by atoms with Crippen LogP contribution >= 0.6 is 0 Å². The highest BCUT2D eigenvalue weighted by Crippen LogP contribution is 2.10. The molecule has 2 rings (SSSR count). The molecule has 0 atom stereocenters. The van der Waals surface area contributed by atoms with E-state index < -0.39 is 0 Å². The lowest BCUT2D eigenvalue weighted by molar-refractivity contribution is 0.538. The van der Waals surface area contributed by atoms with Gasteiger partial charge >= 0.3 is 0 Å². The normalized spacial score (nSPS) is 16.3. The van der Waals surface area contributed by atoms with E-state index in [1.54, 1.807) is 10.9 Å². The van der Waals surface area contributed by atoms with Crippen LogP contribution in [0.1, 0.15) is 18.4 Å². The first kappa shape index (κ1) is 9.21. The smallest absolute Gasteiger partial charge is 0.0538 e. The lowest BCUT2D eigenvalue weighted by Crippen LogP contribution is -2.25. The van der Waals surface area contributed by atoms with Gasteiger partial charge in [0, 0.05) is 30.5 Å². The summed E-state index contributed by atoms with van der Waals surface area (Å²) < 4.78 is 1.73. The van der Waals surface area contributed by atoms with Crippen LogP contribution in [0.3, 0.4) is 0 Å². The van der Waals surface area contributed by atoms with Crippen LogP contribution in [-0.4, -0.2) is 15.8 Å². The highest BCUT2D eigenvalue weighted by molar-refractivity contribution is 5.17. The molecule has 0 unspecified atom stereocenters. The van der Waals surface area contributed by atoms with E-state index in [1.807, 2.05) is 12.4 Å². The van der Waals surface area contributed by atoms with Gasteiger partial charge in [0.2, 0.25) is 0 Å². The third kappa shape index (κ3) is 2.12. The zero-order chi connectivity index (χ0) is 9.80. The average Bonchev–Trinajstić information content (AvgIpc) is 2.86. The third-order valence-corrected chi connectivity index (χ3v) is 2.44. The number of hydrogen-bond acceptors (Lipinski definition) is 2. The second-order valence-electron chi connectivity index (χ2n) is 3.53. The molecule has 0 saturated heterocycles. The van der Waals surface area contributed by atoms with Crippen molar-refractivity contribution in [3.05, 3.63) is 36.7 Å². The highest BCUT2D eigenvalue weighted by Gasteiger charge is 2.08. The summed E-state index contributed by atoms with van der Waals surface area (Å²) in [5.41, 5.74) is 1.21. The van der Waals surface area contributed by atoms with Gasteiger partial charge < -0.3 is 5.32 Å². The van der Waals surface area contributed by atoms with Crippen molar-refractivity contribution >= 4 is 6.20 Å². The van der Waals surface area contributed by atoms with Crippen molar-refractivity contribution in [2.24, 2.45) is 0 Å². The van der Waals surface area contributed by atoms with Gasteiger partial charge in [0.1, 0.15) is 0 Å². The summed E-state index contributed by atoms with van der Waals surface area (Å²) in [4.78, 5) is 0. The van der Waals surface area contributed by atoms with Gasteiger partial charge in [-0.2, -0.15) is 5.10 Å². The summed E-state index contributed by atoms with van der Waals surface area (Å²) in [6.45, 7) is 4.54. The Morgan fingerprint density at radius 2 is 2.36 bits per heavy atom. The van der Waals surface area contributed by atoms with Crippen molar-refractivity contribution in [2.45, 2.75) is 25.4 Å². The second-order valence-corrected chi connectivity index (χ2v) is 3.53. The van der Waals surface area contributed by atoms with Crippen LogP contribution in [0.5, 0.6) is 0 Å². The zero-order valence-corrected chi connectivity index (χ0v) is 8.19. The average molecular weight is 189 g/mol. The number of nitrogens with zero attached hydrogens (tertiary/aromatic N) is 2. The summed E-state index contributed by atoms with van der Waals surface area (Å²) >= 11 is 0. The molecule has 0 saturated carbocycles. The fraction of sp³-hybridized carbons (Fsp3) is 0.364. The first-order chi connectivity index (χ1) is 6.88. The highest BCUT2D eigenvalue weighted by atomic mass is 15.2. The Hall–Kier alpha value is -1.35. The van der Waals surface area contributed by atoms with Crippen molar-refractivity contribution in [1.29, 1.82) is 0 Å². The Balaban J connectivity index is 1.82. The van der Waals surface area contributed by atoms with Crippen LogP contribution in [0.4, 0.5) is 0 Å². The summed E-state index contributed by atoms with van der Waals surface area (Å²) in [5.74, 6) is 0. The van der Waals surface area contributed by atoms with Gasteiger partial charge in [0.15, 0.2) is 0 Å². The molecule has 0 fully saturated rings. The van der Waals surface area contributed by atoms with E-state index in [1.165, 1.54) is 5.56 Å². The fourth-order valence-electron chi connectivity index (χ4n) is 1.61. The SMILES string of the molecule is C=Cn1cc(CNC2CC=CC2)cn1. The van der Waals surface area contributed by atoms with Crippen molar-refractivity contribution in [3.8, 4) is 0 Å². The van der Waals surface area contributed by atoms with Crippen molar-refractivity contribution in [2.75, 3.05) is 0 Å². The van der Waals surface area contributed by atoms with E-state index in [9.17, 15) is 0 Å². The van der Waals surface area contributed by atoms with Gasteiger partial charge in [0.25, 0.3) is 0 Å². The molecular weight excluding hydrogens is 174 g/mol. The van der Waals surface area contributed by atoms with Crippen LogP contribution in [-0.2, 0) is 6.54 Å². The molecule has 0 radical (unpaired) electrons. The van der Waals surface area contributed by atoms with Gasteiger partial charge in [-0.05, 0) is 12.8 Å². The fourth-order valence-corrected chi connectivity index (χ4v) is 1.61. The van der Waals surface area contributed by atoms with Gasteiger partial charge in [-0.3, -0.25) is 0 Å². The Bertz CT molecular complexity index is 330. The number of nitrogens with one attached hydrogen (secondary N) is 1. The quantitative estimate of drug-likeness (QED) is 0.732. The summed E-state index contributed by atoms with van der Waals surface area (Å²) in [6.07, 6.45) is 12.3. The zero-order valence-electron chi connectivity index (χ0n) is 8.19. The maximum absolute atomic E-state index is 4.12. The first-order valence-corrected chi connectivity index (χ1v) is 4.92. The number of aromatic nitrogens is 2. The predicted octanol–water partition coefficient (Wildman–Crippen LogP) is 1.79. The van der Waals surface area contributed by atoms with Gasteiger partial charge in [-0.25, -0.2) is 4.68 Å². The van der Waals surface area contributed by atoms with Crippen LogP contribution < -0.4 is 5.32 Å². The molecule has 0 aromatic carbocycles. The monoisotopic (exact) mass is 189 g/mol. The molecule has 1 aliphatic carbocycles. The minimum absolute atomic E-state index is 0.613. The van der Waals surface area contributed by atoms with E-state index in [0.29, 0.717) is 6.04 Å². The van der Waals surface area contributed by atoms with Crippen LogP contribution in [0, 0.1) is 0 Å². The molecule has 1 N–H and O–H groups in total. The molecule has 0 aliphatic heterocycles. The maximum atomic E-state index is 4.12. The van der Waals surface area contributed by atoms with Gasteiger partial charge in [-0.1, -0.05) is 18.7 Å².